The van der Waals surface area contributed by atoms with E-state index in [9.17, 15) is 5.11 Å². The first kappa shape index (κ1) is 19.2. The molecule has 0 aliphatic carbocycles. The van der Waals surface area contributed by atoms with E-state index in [1.165, 1.54) is 10.8 Å². The summed E-state index contributed by atoms with van der Waals surface area (Å²) < 4.78 is 8.09. The summed E-state index contributed by atoms with van der Waals surface area (Å²) in [6, 6.07) is 26.3. The fourth-order valence-corrected chi connectivity index (χ4v) is 3.84. The number of aromatic nitrogens is 2. The molecule has 5 heteroatoms. The molecule has 0 saturated carbocycles. The average Bonchev–Trinajstić information content (AvgIpc) is 3.06. The Hall–Kier alpha value is -3.08. The monoisotopic (exact) mass is 403 g/mol. The van der Waals surface area contributed by atoms with Crippen molar-refractivity contribution in [3.05, 3.63) is 85.1 Å². The maximum atomic E-state index is 10.7. The van der Waals surface area contributed by atoms with Gasteiger partial charge in [0.1, 0.15) is 24.0 Å². The summed E-state index contributed by atoms with van der Waals surface area (Å²) in [4.78, 5) is 4.40. The smallest absolute Gasteiger partial charge is 0.145 e. The Kier molecular flexibility index (Phi) is 5.38. The third-order valence-corrected chi connectivity index (χ3v) is 5.10. The number of hydrogen-bond donors (Lipinski definition) is 1. The Morgan fingerprint density at radius 2 is 1.48 bits per heavy atom. The molecule has 2 heterocycles. The molecule has 0 aliphatic rings. The molecule has 5 aromatic rings. The minimum absolute atomic E-state index is 0. The van der Waals surface area contributed by atoms with Gasteiger partial charge in [0.2, 0.25) is 0 Å². The largest absolute Gasteiger partial charge is 1.00 e. The lowest BCUT2D eigenvalue weighted by Gasteiger charge is -2.15. The zero-order chi connectivity index (χ0) is 18.9. The van der Waals surface area contributed by atoms with Gasteiger partial charge in [-0.15, -0.1) is 0 Å². The molecule has 1 unspecified atom stereocenters. The molecule has 0 bridgehead atoms. The van der Waals surface area contributed by atoms with E-state index >= 15 is 0 Å². The molecule has 5 rings (SSSR count). The first-order chi connectivity index (χ1) is 13.8. The van der Waals surface area contributed by atoms with Crippen molar-refractivity contribution >= 4 is 32.7 Å². The molecule has 0 amide bonds. The van der Waals surface area contributed by atoms with E-state index in [-0.39, 0.29) is 19.0 Å². The second-order valence-electron chi connectivity index (χ2n) is 6.94. The van der Waals surface area contributed by atoms with E-state index in [0.29, 0.717) is 12.3 Å². The maximum Gasteiger partial charge on any atom is 0.145 e. The Morgan fingerprint density at radius 1 is 0.828 bits per heavy atom. The molecular formula is C24H20ClN2O2-. The van der Waals surface area contributed by atoms with Crippen LogP contribution in [0.15, 0.2) is 85.1 Å². The molecule has 2 aromatic heterocycles. The lowest BCUT2D eigenvalue weighted by atomic mass is 10.2. The first-order valence-electron chi connectivity index (χ1n) is 9.42. The number of rotatable bonds is 5. The van der Waals surface area contributed by atoms with Gasteiger partial charge in [-0.2, -0.15) is 0 Å². The lowest BCUT2D eigenvalue weighted by molar-refractivity contribution is -0.00000747. The number of aliphatic hydroxyl groups is 1. The highest BCUT2D eigenvalue weighted by molar-refractivity contribution is 6.07. The summed E-state index contributed by atoms with van der Waals surface area (Å²) in [6.07, 6.45) is 1.11. The number of benzene rings is 3. The van der Waals surface area contributed by atoms with Crippen molar-refractivity contribution in [3.8, 4) is 5.75 Å². The molecular weight excluding hydrogens is 384 g/mol. The second-order valence-corrected chi connectivity index (χ2v) is 6.94. The standard InChI is InChI=1S/C24H20N2O2.ClH/c27-18(16-28-23-13-5-7-17-8-6-14-25-24(17)23)15-26-21-11-3-1-9-19(21)20-10-2-4-12-22(20)26;/h1-14,18,27H,15-16H2;1H/p-1. The zero-order valence-electron chi connectivity index (χ0n) is 15.7. The summed E-state index contributed by atoms with van der Waals surface area (Å²) in [5.41, 5.74) is 3.05. The van der Waals surface area contributed by atoms with Crippen LogP contribution in [0.25, 0.3) is 32.7 Å². The Balaban J connectivity index is 0.00000205. The fraction of sp³-hybridized carbons (Fsp3) is 0.125. The van der Waals surface area contributed by atoms with Crippen molar-refractivity contribution in [2.24, 2.45) is 0 Å². The van der Waals surface area contributed by atoms with Crippen LogP contribution in [-0.2, 0) is 6.54 Å². The van der Waals surface area contributed by atoms with Gasteiger partial charge in [-0.05, 0) is 24.3 Å². The number of pyridine rings is 1. The third-order valence-electron chi connectivity index (χ3n) is 5.10. The molecule has 146 valence electrons. The SMILES string of the molecule is OC(COc1cccc2cccnc12)Cn1c2ccccc2c2ccccc21.[Cl-]. The van der Waals surface area contributed by atoms with Gasteiger partial charge in [0, 0.05) is 33.4 Å². The molecule has 3 aromatic carbocycles. The highest BCUT2D eigenvalue weighted by Crippen LogP contribution is 2.29. The molecule has 0 saturated heterocycles. The number of hydrogen-bond acceptors (Lipinski definition) is 3. The highest BCUT2D eigenvalue weighted by Gasteiger charge is 2.14. The maximum absolute atomic E-state index is 10.7. The molecule has 0 aliphatic heterocycles. The Bertz CT molecular complexity index is 1220. The number of para-hydroxylation sites is 3. The van der Waals surface area contributed by atoms with E-state index in [4.69, 9.17) is 4.74 Å². The second kappa shape index (κ2) is 8.11. The van der Waals surface area contributed by atoms with Crippen LogP contribution in [0.1, 0.15) is 0 Å². The van der Waals surface area contributed by atoms with Crippen LogP contribution in [0.3, 0.4) is 0 Å². The number of ether oxygens (including phenoxy) is 1. The average molecular weight is 404 g/mol. The minimum atomic E-state index is -0.641. The fourth-order valence-electron chi connectivity index (χ4n) is 3.84. The van der Waals surface area contributed by atoms with Crippen molar-refractivity contribution in [2.45, 2.75) is 12.6 Å². The summed E-state index contributed by atoms with van der Waals surface area (Å²) in [5.74, 6) is 0.694. The number of halogens is 1. The summed E-state index contributed by atoms with van der Waals surface area (Å²) in [6.45, 7) is 0.669. The van der Waals surface area contributed by atoms with Crippen molar-refractivity contribution in [1.29, 1.82) is 0 Å². The Labute approximate surface area is 174 Å². The number of fused-ring (bicyclic) bond motifs is 4. The van der Waals surface area contributed by atoms with Crippen molar-refractivity contribution in [1.82, 2.24) is 9.55 Å². The molecule has 1 N–H and O–H groups in total. The minimum Gasteiger partial charge on any atom is -1.00 e. The van der Waals surface area contributed by atoms with Crippen LogP contribution >= 0.6 is 0 Å². The van der Waals surface area contributed by atoms with E-state index in [2.05, 4.69) is 33.8 Å². The molecule has 1 atom stereocenters. The van der Waals surface area contributed by atoms with Crippen LogP contribution in [0.4, 0.5) is 0 Å². The van der Waals surface area contributed by atoms with Crippen molar-refractivity contribution in [2.75, 3.05) is 6.61 Å². The Morgan fingerprint density at radius 3 is 2.21 bits per heavy atom. The molecule has 4 nitrogen and oxygen atoms in total. The topological polar surface area (TPSA) is 47.3 Å². The molecule has 0 fully saturated rings. The zero-order valence-corrected chi connectivity index (χ0v) is 16.5. The predicted octanol–water partition coefficient (Wildman–Crippen LogP) is 1.79. The van der Waals surface area contributed by atoms with Crippen molar-refractivity contribution < 1.29 is 22.3 Å². The summed E-state index contributed by atoms with van der Waals surface area (Å²) >= 11 is 0. The van der Waals surface area contributed by atoms with Crippen LogP contribution in [-0.4, -0.2) is 27.4 Å². The van der Waals surface area contributed by atoms with Gasteiger partial charge in [-0.25, -0.2) is 0 Å². The van der Waals surface area contributed by atoms with Crippen LogP contribution in [0.2, 0.25) is 0 Å². The van der Waals surface area contributed by atoms with Gasteiger partial charge in [0.15, 0.2) is 0 Å². The first-order valence-corrected chi connectivity index (χ1v) is 9.42. The quantitative estimate of drug-likeness (QED) is 0.486. The molecule has 29 heavy (non-hydrogen) atoms. The van der Waals surface area contributed by atoms with Gasteiger partial charge >= 0.3 is 0 Å². The van der Waals surface area contributed by atoms with Crippen LogP contribution in [0, 0.1) is 0 Å². The van der Waals surface area contributed by atoms with Gasteiger partial charge in [0.05, 0.1) is 6.54 Å². The van der Waals surface area contributed by atoms with Crippen LogP contribution in [0.5, 0.6) is 5.75 Å². The van der Waals surface area contributed by atoms with Gasteiger partial charge in [-0.3, -0.25) is 4.98 Å². The third kappa shape index (κ3) is 3.53. The van der Waals surface area contributed by atoms with E-state index in [1.807, 2.05) is 54.6 Å². The van der Waals surface area contributed by atoms with E-state index < -0.39 is 6.10 Å². The summed E-state index contributed by atoms with van der Waals surface area (Å²) in [7, 11) is 0. The summed E-state index contributed by atoms with van der Waals surface area (Å²) in [5, 5.41) is 14.1. The number of nitrogens with zero attached hydrogens (tertiary/aromatic N) is 2. The highest BCUT2D eigenvalue weighted by atomic mass is 35.5. The van der Waals surface area contributed by atoms with Crippen LogP contribution < -0.4 is 17.1 Å². The van der Waals surface area contributed by atoms with Gasteiger partial charge in [0.25, 0.3) is 0 Å². The van der Waals surface area contributed by atoms with Gasteiger partial charge in [-0.1, -0.05) is 54.6 Å². The van der Waals surface area contributed by atoms with Gasteiger partial charge < -0.3 is 26.8 Å². The molecule has 0 radical (unpaired) electrons. The lowest BCUT2D eigenvalue weighted by Crippen LogP contribution is -3.00. The van der Waals surface area contributed by atoms with Crippen molar-refractivity contribution in [3.63, 3.8) is 0 Å². The number of aliphatic hydroxyl groups excluding tert-OH is 1. The normalized spacial score (nSPS) is 12.2. The predicted molar refractivity (Wildman–Crippen MR) is 113 cm³/mol. The van der Waals surface area contributed by atoms with E-state index in [0.717, 1.165) is 21.9 Å². The van der Waals surface area contributed by atoms with E-state index in [1.54, 1.807) is 6.20 Å². The molecule has 0 spiro atoms.